The Bertz CT molecular complexity index is 744. The van der Waals surface area contributed by atoms with Crippen LogP contribution in [0.5, 0.6) is 11.5 Å². The Morgan fingerprint density at radius 3 is 1.56 bits per heavy atom. The van der Waals surface area contributed by atoms with Crippen LogP contribution >= 0.6 is 0 Å². The van der Waals surface area contributed by atoms with Crippen molar-refractivity contribution in [2.45, 2.75) is 13.1 Å². The molecule has 0 aromatic heterocycles. The molecule has 0 aliphatic rings. The number of nitro benzene ring substituents is 2. The minimum Gasteiger partial charge on any atom is -0.508 e. The van der Waals surface area contributed by atoms with Crippen molar-refractivity contribution in [3.05, 3.63) is 67.8 Å². The smallest absolute Gasteiger partial charge is 0.270 e. The van der Waals surface area contributed by atoms with Crippen molar-refractivity contribution in [3.8, 4) is 11.5 Å². The standard InChI is InChI=1S/C15H15N3O7/c19-9-16(7-10-5-12(17(22)23)1-3-14(10)20)8-11-6-13(18(24)25)2-4-15(11)21/h1-6,19-21H,7-9H2. The van der Waals surface area contributed by atoms with E-state index in [1.54, 1.807) is 0 Å². The molecule has 0 radical (unpaired) electrons. The number of aliphatic hydroxyl groups is 1. The number of rotatable bonds is 7. The van der Waals surface area contributed by atoms with Gasteiger partial charge in [0, 0.05) is 48.5 Å². The molecule has 0 bridgehead atoms. The summed E-state index contributed by atoms with van der Waals surface area (Å²) in [5.74, 6) is -0.375. The third-order valence-electron chi connectivity index (χ3n) is 3.54. The lowest BCUT2D eigenvalue weighted by Gasteiger charge is -2.20. The van der Waals surface area contributed by atoms with Gasteiger partial charge in [-0.15, -0.1) is 0 Å². The van der Waals surface area contributed by atoms with Gasteiger partial charge in [-0.25, -0.2) is 0 Å². The monoisotopic (exact) mass is 349 g/mol. The minimum absolute atomic E-state index is 0.0633. The Balaban J connectivity index is 2.24. The van der Waals surface area contributed by atoms with Crippen LogP contribution in [0.2, 0.25) is 0 Å². The number of nitro groups is 2. The summed E-state index contributed by atoms with van der Waals surface area (Å²) < 4.78 is 0. The van der Waals surface area contributed by atoms with Crippen LogP contribution in [0.15, 0.2) is 36.4 Å². The molecular formula is C15H15N3O7. The number of aliphatic hydroxyl groups excluding tert-OH is 1. The Morgan fingerprint density at radius 2 is 1.24 bits per heavy atom. The van der Waals surface area contributed by atoms with Crippen LogP contribution in [0.25, 0.3) is 0 Å². The van der Waals surface area contributed by atoms with Crippen LogP contribution in [0.4, 0.5) is 11.4 Å². The largest absolute Gasteiger partial charge is 0.508 e. The summed E-state index contributed by atoms with van der Waals surface area (Å²) in [6.45, 7) is -0.622. The zero-order valence-corrected chi connectivity index (χ0v) is 12.9. The quantitative estimate of drug-likeness (QED) is 0.389. The molecule has 3 N–H and O–H groups in total. The van der Waals surface area contributed by atoms with Gasteiger partial charge in [-0.05, 0) is 12.1 Å². The second-order valence-corrected chi connectivity index (χ2v) is 5.27. The molecule has 0 saturated carbocycles. The molecule has 2 aromatic carbocycles. The van der Waals surface area contributed by atoms with Gasteiger partial charge in [0.15, 0.2) is 0 Å². The SMILES string of the molecule is O=[N+]([O-])c1ccc(O)c(CN(CO)Cc2cc([N+](=O)[O-])ccc2O)c1. The fraction of sp³-hybridized carbons (Fsp3) is 0.200. The summed E-state index contributed by atoms with van der Waals surface area (Å²) in [6.07, 6.45) is 0. The second-order valence-electron chi connectivity index (χ2n) is 5.27. The first-order valence-corrected chi connectivity index (χ1v) is 7.07. The molecule has 2 aromatic rings. The lowest BCUT2D eigenvalue weighted by Crippen LogP contribution is -2.24. The average molecular weight is 349 g/mol. The summed E-state index contributed by atoms with van der Waals surface area (Å²) in [5, 5.41) is 50.8. The van der Waals surface area contributed by atoms with E-state index in [2.05, 4.69) is 0 Å². The highest BCUT2D eigenvalue weighted by molar-refractivity contribution is 5.44. The molecule has 0 aliphatic carbocycles. The molecule has 10 heteroatoms. The van der Waals surface area contributed by atoms with Crippen LogP contribution in [0, 0.1) is 20.2 Å². The van der Waals surface area contributed by atoms with Crippen LogP contribution in [0.3, 0.4) is 0 Å². The Labute approximate surface area is 141 Å². The first-order valence-electron chi connectivity index (χ1n) is 7.07. The highest BCUT2D eigenvalue weighted by atomic mass is 16.6. The van der Waals surface area contributed by atoms with Crippen LogP contribution in [0.1, 0.15) is 11.1 Å². The summed E-state index contributed by atoms with van der Waals surface area (Å²) in [4.78, 5) is 21.8. The van der Waals surface area contributed by atoms with E-state index in [9.17, 15) is 35.5 Å². The maximum Gasteiger partial charge on any atom is 0.270 e. The number of hydrogen-bond donors (Lipinski definition) is 3. The number of phenols is 2. The predicted molar refractivity (Wildman–Crippen MR) is 85.9 cm³/mol. The molecule has 2 rings (SSSR count). The van der Waals surface area contributed by atoms with Crippen LogP contribution < -0.4 is 0 Å². The van der Waals surface area contributed by atoms with Crippen molar-refractivity contribution in [1.29, 1.82) is 0 Å². The number of phenolic OH excluding ortho intramolecular Hbond substituents is 2. The highest BCUT2D eigenvalue weighted by Gasteiger charge is 2.17. The van der Waals surface area contributed by atoms with E-state index < -0.39 is 16.6 Å². The Kier molecular flexibility index (Phi) is 5.47. The highest BCUT2D eigenvalue weighted by Crippen LogP contribution is 2.27. The first kappa shape index (κ1) is 18.1. The minimum atomic E-state index is -0.612. The van der Waals surface area contributed by atoms with Gasteiger partial charge in [-0.3, -0.25) is 25.1 Å². The number of aromatic hydroxyl groups is 2. The lowest BCUT2D eigenvalue weighted by atomic mass is 10.1. The van der Waals surface area contributed by atoms with E-state index >= 15 is 0 Å². The summed E-state index contributed by atoms with van der Waals surface area (Å²) in [7, 11) is 0. The van der Waals surface area contributed by atoms with Crippen molar-refractivity contribution in [3.63, 3.8) is 0 Å². The average Bonchev–Trinajstić information content (AvgIpc) is 2.57. The molecule has 0 heterocycles. The Hall–Kier alpha value is -3.24. The van der Waals surface area contributed by atoms with Crippen molar-refractivity contribution in [1.82, 2.24) is 4.90 Å². The molecule has 0 saturated heterocycles. The van der Waals surface area contributed by atoms with E-state index in [-0.39, 0.29) is 47.1 Å². The summed E-state index contributed by atoms with van der Waals surface area (Å²) in [5.41, 5.74) is -0.0332. The molecule has 132 valence electrons. The Morgan fingerprint density at radius 1 is 0.840 bits per heavy atom. The van der Waals surface area contributed by atoms with E-state index in [4.69, 9.17) is 0 Å². The van der Waals surface area contributed by atoms with E-state index in [0.29, 0.717) is 0 Å². The second kappa shape index (κ2) is 7.55. The van der Waals surface area contributed by atoms with Gasteiger partial charge in [0.05, 0.1) is 16.6 Å². The van der Waals surface area contributed by atoms with Gasteiger partial charge >= 0.3 is 0 Å². The molecule has 25 heavy (non-hydrogen) atoms. The molecule has 10 nitrogen and oxygen atoms in total. The fourth-order valence-corrected chi connectivity index (χ4v) is 2.26. The van der Waals surface area contributed by atoms with Crippen molar-refractivity contribution >= 4 is 11.4 Å². The molecule has 0 aliphatic heterocycles. The number of non-ortho nitro benzene ring substituents is 2. The van der Waals surface area contributed by atoms with Crippen LogP contribution in [-0.4, -0.2) is 36.8 Å². The molecule has 0 amide bonds. The van der Waals surface area contributed by atoms with Gasteiger partial charge in [0.1, 0.15) is 11.5 Å². The van der Waals surface area contributed by atoms with Gasteiger partial charge < -0.3 is 15.3 Å². The van der Waals surface area contributed by atoms with E-state index in [0.717, 1.165) is 12.1 Å². The number of nitrogens with zero attached hydrogens (tertiary/aromatic N) is 3. The van der Waals surface area contributed by atoms with Gasteiger partial charge in [0.2, 0.25) is 0 Å². The molecule has 0 atom stereocenters. The number of benzene rings is 2. The van der Waals surface area contributed by atoms with Crippen molar-refractivity contribution < 1.29 is 25.2 Å². The maximum atomic E-state index is 10.8. The third-order valence-corrected chi connectivity index (χ3v) is 3.54. The third kappa shape index (κ3) is 4.40. The predicted octanol–water partition coefficient (Wildman–Crippen LogP) is 1.87. The van der Waals surface area contributed by atoms with Gasteiger partial charge in [-0.1, -0.05) is 0 Å². The zero-order valence-electron chi connectivity index (χ0n) is 12.9. The van der Waals surface area contributed by atoms with Gasteiger partial charge in [0.25, 0.3) is 11.4 Å². The fourth-order valence-electron chi connectivity index (χ4n) is 2.26. The topological polar surface area (TPSA) is 150 Å². The summed E-state index contributed by atoms with van der Waals surface area (Å²) >= 11 is 0. The lowest BCUT2D eigenvalue weighted by molar-refractivity contribution is -0.385. The molecule has 0 unspecified atom stereocenters. The normalized spacial score (nSPS) is 10.8. The maximum absolute atomic E-state index is 10.8. The van der Waals surface area contributed by atoms with E-state index in [1.165, 1.54) is 29.2 Å². The molecule has 0 fully saturated rings. The summed E-state index contributed by atoms with van der Waals surface area (Å²) in [6, 6.07) is 6.99. The van der Waals surface area contributed by atoms with Gasteiger partial charge in [-0.2, -0.15) is 0 Å². The van der Waals surface area contributed by atoms with Crippen molar-refractivity contribution in [2.24, 2.45) is 0 Å². The van der Waals surface area contributed by atoms with Crippen LogP contribution in [-0.2, 0) is 13.1 Å². The number of hydrogen-bond acceptors (Lipinski definition) is 8. The van der Waals surface area contributed by atoms with E-state index in [1.807, 2.05) is 0 Å². The molecule has 0 spiro atoms. The zero-order chi connectivity index (χ0) is 18.6. The van der Waals surface area contributed by atoms with Crippen molar-refractivity contribution in [2.75, 3.05) is 6.73 Å². The first-order chi connectivity index (χ1) is 11.8. The molecular weight excluding hydrogens is 334 g/mol.